The number of halogens is 2. The van der Waals surface area contributed by atoms with Crippen molar-refractivity contribution in [1.29, 1.82) is 0 Å². The quantitative estimate of drug-likeness (QED) is 0.341. The molecule has 0 aromatic heterocycles. The second-order valence-corrected chi connectivity index (χ2v) is 10.8. The lowest BCUT2D eigenvalue weighted by atomic mass is 9.82. The highest BCUT2D eigenvalue weighted by Gasteiger charge is 2.48. The summed E-state index contributed by atoms with van der Waals surface area (Å²) in [6.45, 7) is 6.07. The van der Waals surface area contributed by atoms with Crippen LogP contribution in [0.2, 0.25) is 5.02 Å². The van der Waals surface area contributed by atoms with Crippen LogP contribution in [0.15, 0.2) is 48.5 Å². The molecule has 3 aromatic rings. The van der Waals surface area contributed by atoms with Gasteiger partial charge in [-0.1, -0.05) is 55.3 Å². The number of aliphatic carboxylic acids is 1. The number of carboxylic acid groups (broad SMARTS) is 1. The van der Waals surface area contributed by atoms with Crippen LogP contribution in [0, 0.1) is 18.7 Å². The molecule has 40 heavy (non-hydrogen) atoms. The zero-order chi connectivity index (χ0) is 28.6. The van der Waals surface area contributed by atoms with Gasteiger partial charge in [0, 0.05) is 29.2 Å². The van der Waals surface area contributed by atoms with E-state index in [2.05, 4.69) is 5.32 Å². The summed E-state index contributed by atoms with van der Waals surface area (Å²) in [6, 6.07) is 13.7. The van der Waals surface area contributed by atoms with Gasteiger partial charge in [-0.05, 0) is 66.3 Å². The Morgan fingerprint density at radius 3 is 2.35 bits per heavy atom. The maximum absolute atomic E-state index is 14.9. The molecule has 1 amide bonds. The average Bonchev–Trinajstić information content (AvgIpc) is 3.55. The standard InChI is InChI=1S/C31H32ClFN2O5/c1-4-18-10-22(32)11-19(5-2)28(18)34-26(36)15-35-14-23(21-12-24(33)30-25(13-21)39-16-40-30)27(31(37)38)29(35)20-8-6-17(3)7-9-20/h6-13,23,27,29H,4-5,14-16H2,1-3H3,(H,34,36)(H,37,38)/t23-,27-,29+/m1/s1. The Kier molecular flexibility index (Phi) is 8.01. The van der Waals surface area contributed by atoms with Crippen LogP contribution in [0.1, 0.15) is 53.6 Å². The Morgan fingerprint density at radius 1 is 1.05 bits per heavy atom. The maximum Gasteiger partial charge on any atom is 0.309 e. The molecule has 2 aliphatic heterocycles. The highest BCUT2D eigenvalue weighted by molar-refractivity contribution is 6.30. The van der Waals surface area contributed by atoms with Gasteiger partial charge in [-0.15, -0.1) is 0 Å². The van der Waals surface area contributed by atoms with Gasteiger partial charge in [0.05, 0.1) is 12.5 Å². The molecule has 210 valence electrons. The van der Waals surface area contributed by atoms with Crippen molar-refractivity contribution in [2.24, 2.45) is 5.92 Å². The van der Waals surface area contributed by atoms with Crippen molar-refractivity contribution < 1.29 is 28.6 Å². The fourth-order valence-corrected chi connectivity index (χ4v) is 6.16. The number of rotatable bonds is 8. The van der Waals surface area contributed by atoms with Crippen LogP contribution in [0.5, 0.6) is 11.5 Å². The molecule has 0 unspecified atom stereocenters. The summed E-state index contributed by atoms with van der Waals surface area (Å²) in [7, 11) is 0. The van der Waals surface area contributed by atoms with E-state index >= 15 is 0 Å². The number of likely N-dealkylation sites (tertiary alicyclic amines) is 1. The zero-order valence-corrected chi connectivity index (χ0v) is 23.4. The number of ether oxygens (including phenoxy) is 2. The number of carbonyl (C=O) groups is 2. The predicted octanol–water partition coefficient (Wildman–Crippen LogP) is 6.12. The SMILES string of the molecule is CCc1cc(Cl)cc(CC)c1NC(=O)CN1C[C@H](c2cc(F)c3c(c2)OCO3)[C@@H](C(=O)O)[C@@H]1c1ccc(C)cc1. The summed E-state index contributed by atoms with van der Waals surface area (Å²) in [4.78, 5) is 28.2. The normalized spacial score (nSPS) is 20.1. The van der Waals surface area contributed by atoms with Crippen molar-refractivity contribution in [2.75, 3.05) is 25.2 Å². The third kappa shape index (κ3) is 5.38. The molecule has 0 saturated carbocycles. The number of hydrogen-bond donors (Lipinski definition) is 2. The van der Waals surface area contributed by atoms with E-state index in [-0.39, 0.29) is 37.3 Å². The van der Waals surface area contributed by atoms with Gasteiger partial charge in [-0.3, -0.25) is 14.5 Å². The third-order valence-electron chi connectivity index (χ3n) is 7.82. The molecule has 2 heterocycles. The fraction of sp³-hybridized carbons (Fsp3) is 0.355. The van der Waals surface area contributed by atoms with Crippen LogP contribution >= 0.6 is 11.6 Å². The first-order valence-electron chi connectivity index (χ1n) is 13.4. The number of anilines is 1. The summed E-state index contributed by atoms with van der Waals surface area (Å²) >= 11 is 6.30. The monoisotopic (exact) mass is 566 g/mol. The molecule has 7 nitrogen and oxygen atoms in total. The van der Waals surface area contributed by atoms with Crippen LogP contribution in [-0.2, 0) is 22.4 Å². The first-order valence-corrected chi connectivity index (χ1v) is 13.8. The first kappa shape index (κ1) is 27.9. The van der Waals surface area contributed by atoms with Gasteiger partial charge in [0.15, 0.2) is 11.6 Å². The van der Waals surface area contributed by atoms with Crippen molar-refractivity contribution in [3.8, 4) is 11.5 Å². The summed E-state index contributed by atoms with van der Waals surface area (Å²) in [5.41, 5.74) is 4.93. The Morgan fingerprint density at radius 2 is 1.73 bits per heavy atom. The number of carboxylic acids is 1. The van der Waals surface area contributed by atoms with Crippen molar-refractivity contribution in [3.63, 3.8) is 0 Å². The number of aryl methyl sites for hydroxylation is 3. The highest BCUT2D eigenvalue weighted by Crippen LogP contribution is 2.48. The second kappa shape index (κ2) is 11.5. The molecule has 1 saturated heterocycles. The zero-order valence-electron chi connectivity index (χ0n) is 22.7. The molecular weight excluding hydrogens is 535 g/mol. The van der Waals surface area contributed by atoms with Gasteiger partial charge in [-0.25, -0.2) is 4.39 Å². The Balaban J connectivity index is 1.50. The second-order valence-electron chi connectivity index (χ2n) is 10.3. The van der Waals surface area contributed by atoms with E-state index in [4.69, 9.17) is 21.1 Å². The molecule has 0 spiro atoms. The molecular formula is C31H32ClFN2O5. The van der Waals surface area contributed by atoms with Gasteiger partial charge in [0.1, 0.15) is 0 Å². The number of hydrogen-bond acceptors (Lipinski definition) is 5. The topological polar surface area (TPSA) is 88.1 Å². The number of amides is 1. The van der Waals surface area contributed by atoms with Crippen molar-refractivity contribution in [3.05, 3.63) is 87.2 Å². The summed E-state index contributed by atoms with van der Waals surface area (Å²) in [5, 5.41) is 14.1. The predicted molar refractivity (Wildman–Crippen MR) is 151 cm³/mol. The number of nitrogens with zero attached hydrogens (tertiary/aromatic N) is 1. The largest absolute Gasteiger partial charge is 0.481 e. The van der Waals surface area contributed by atoms with Crippen LogP contribution in [0.25, 0.3) is 0 Å². The minimum Gasteiger partial charge on any atom is -0.481 e. The molecule has 0 bridgehead atoms. The molecule has 1 fully saturated rings. The van der Waals surface area contributed by atoms with Crippen molar-refractivity contribution in [1.82, 2.24) is 4.90 Å². The molecule has 0 aliphatic carbocycles. The lowest BCUT2D eigenvalue weighted by Gasteiger charge is -2.27. The lowest BCUT2D eigenvalue weighted by Crippen LogP contribution is -2.35. The van der Waals surface area contributed by atoms with Crippen LogP contribution in [-0.4, -0.2) is 41.8 Å². The molecule has 2 N–H and O–H groups in total. The van der Waals surface area contributed by atoms with Gasteiger partial charge in [0.2, 0.25) is 18.4 Å². The van der Waals surface area contributed by atoms with E-state index in [1.807, 2.05) is 62.1 Å². The smallest absolute Gasteiger partial charge is 0.309 e. The molecule has 3 aromatic carbocycles. The molecule has 9 heteroatoms. The van der Waals surface area contributed by atoms with E-state index in [0.717, 1.165) is 27.9 Å². The average molecular weight is 567 g/mol. The van der Waals surface area contributed by atoms with E-state index in [9.17, 15) is 19.1 Å². The number of carbonyl (C=O) groups excluding carboxylic acids is 1. The first-order chi connectivity index (χ1) is 19.2. The van der Waals surface area contributed by atoms with Crippen LogP contribution in [0.3, 0.4) is 0 Å². The highest BCUT2D eigenvalue weighted by atomic mass is 35.5. The fourth-order valence-electron chi connectivity index (χ4n) is 5.90. The molecule has 3 atom stereocenters. The lowest BCUT2D eigenvalue weighted by molar-refractivity contribution is -0.143. The van der Waals surface area contributed by atoms with Crippen LogP contribution < -0.4 is 14.8 Å². The van der Waals surface area contributed by atoms with E-state index in [0.29, 0.717) is 23.4 Å². The van der Waals surface area contributed by atoms with Crippen molar-refractivity contribution >= 4 is 29.2 Å². The minimum atomic E-state index is -1.02. The summed E-state index contributed by atoms with van der Waals surface area (Å²) in [6.07, 6.45) is 1.38. The number of nitrogens with one attached hydrogen (secondary N) is 1. The van der Waals surface area contributed by atoms with E-state index in [1.54, 1.807) is 6.07 Å². The van der Waals surface area contributed by atoms with Crippen molar-refractivity contribution in [2.45, 2.75) is 45.6 Å². The van der Waals surface area contributed by atoms with E-state index in [1.165, 1.54) is 6.07 Å². The van der Waals surface area contributed by atoms with Gasteiger partial charge in [0.25, 0.3) is 0 Å². The van der Waals surface area contributed by atoms with Gasteiger partial charge in [-0.2, -0.15) is 0 Å². The van der Waals surface area contributed by atoms with Crippen LogP contribution in [0.4, 0.5) is 10.1 Å². The number of benzene rings is 3. The Bertz CT molecular complexity index is 1420. The number of fused-ring (bicyclic) bond motifs is 1. The molecule has 2 aliphatic rings. The summed E-state index contributed by atoms with van der Waals surface area (Å²) < 4.78 is 25.5. The van der Waals surface area contributed by atoms with Gasteiger partial charge < -0.3 is 19.9 Å². The summed E-state index contributed by atoms with van der Waals surface area (Å²) in [5.74, 6) is -3.11. The Hall–Kier alpha value is -3.62. The Labute approximate surface area is 237 Å². The molecule has 0 radical (unpaired) electrons. The van der Waals surface area contributed by atoms with E-state index < -0.39 is 29.7 Å². The minimum absolute atomic E-state index is 0.0290. The van der Waals surface area contributed by atoms with Gasteiger partial charge >= 0.3 is 5.97 Å². The maximum atomic E-state index is 14.9. The third-order valence-corrected chi connectivity index (χ3v) is 8.04. The molecule has 5 rings (SSSR count).